The first-order valence-electron chi connectivity index (χ1n) is 9.78. The second kappa shape index (κ2) is 10.9. The first-order valence-corrected chi connectivity index (χ1v) is 10.2. The van der Waals surface area contributed by atoms with Crippen LogP contribution in [0.4, 0.5) is 0 Å². The molecule has 0 saturated carbocycles. The molecule has 0 bridgehead atoms. The average Bonchev–Trinajstić information content (AvgIpc) is 2.68. The van der Waals surface area contributed by atoms with Crippen molar-refractivity contribution in [1.82, 2.24) is 10.2 Å². The SMILES string of the molecule is CCCCNC(=O)[C@@H](C)N(Cc1ccc(C)cc1)C(=O)Cc1ccccc1Cl. The highest BCUT2D eigenvalue weighted by molar-refractivity contribution is 6.31. The topological polar surface area (TPSA) is 49.4 Å². The van der Waals surface area contributed by atoms with E-state index in [9.17, 15) is 9.59 Å². The summed E-state index contributed by atoms with van der Waals surface area (Å²) in [6, 6.07) is 14.8. The Morgan fingerprint density at radius 1 is 1.11 bits per heavy atom. The van der Waals surface area contributed by atoms with Crippen LogP contribution in [0.1, 0.15) is 43.4 Å². The average molecular weight is 401 g/mol. The lowest BCUT2D eigenvalue weighted by Gasteiger charge is -2.29. The molecule has 0 radical (unpaired) electrons. The number of carbonyl (C=O) groups is 2. The Bertz CT molecular complexity index is 789. The number of benzene rings is 2. The van der Waals surface area contributed by atoms with Gasteiger partial charge < -0.3 is 10.2 Å². The summed E-state index contributed by atoms with van der Waals surface area (Å²) in [4.78, 5) is 27.3. The van der Waals surface area contributed by atoms with Gasteiger partial charge in [0.2, 0.25) is 11.8 Å². The molecule has 0 saturated heterocycles. The number of aryl methyl sites for hydroxylation is 1. The van der Waals surface area contributed by atoms with Gasteiger partial charge >= 0.3 is 0 Å². The standard InChI is InChI=1S/C23H29ClN2O2/c1-4-5-14-25-23(28)18(3)26(16-19-12-10-17(2)11-13-19)22(27)15-20-8-6-7-9-21(20)24/h6-13,18H,4-5,14-16H2,1-3H3,(H,25,28)/t18-/m1/s1. The summed E-state index contributed by atoms with van der Waals surface area (Å²) in [7, 11) is 0. The highest BCUT2D eigenvalue weighted by Gasteiger charge is 2.26. The number of hydrogen-bond donors (Lipinski definition) is 1. The van der Waals surface area contributed by atoms with Crippen LogP contribution >= 0.6 is 11.6 Å². The molecule has 0 heterocycles. The number of halogens is 1. The summed E-state index contributed by atoms with van der Waals surface area (Å²) in [6.07, 6.45) is 2.09. The van der Waals surface area contributed by atoms with Crippen molar-refractivity contribution in [3.8, 4) is 0 Å². The molecular weight excluding hydrogens is 372 g/mol. The van der Waals surface area contributed by atoms with E-state index in [1.165, 1.54) is 0 Å². The molecule has 2 amide bonds. The minimum absolute atomic E-state index is 0.119. The van der Waals surface area contributed by atoms with Gasteiger partial charge in [0.15, 0.2) is 0 Å². The van der Waals surface area contributed by atoms with Crippen LogP contribution in [0.3, 0.4) is 0 Å². The third-order valence-corrected chi connectivity index (χ3v) is 5.14. The molecule has 0 aliphatic rings. The van der Waals surface area contributed by atoms with Crippen molar-refractivity contribution in [3.05, 3.63) is 70.2 Å². The van der Waals surface area contributed by atoms with Crippen LogP contribution in [0.2, 0.25) is 5.02 Å². The number of nitrogens with one attached hydrogen (secondary N) is 1. The molecule has 150 valence electrons. The van der Waals surface area contributed by atoms with Gasteiger partial charge in [0.1, 0.15) is 6.04 Å². The summed E-state index contributed by atoms with van der Waals surface area (Å²) >= 11 is 6.23. The van der Waals surface area contributed by atoms with Gasteiger partial charge in [-0.05, 0) is 37.5 Å². The molecule has 5 heteroatoms. The highest BCUT2D eigenvalue weighted by atomic mass is 35.5. The van der Waals surface area contributed by atoms with E-state index < -0.39 is 6.04 Å². The highest BCUT2D eigenvalue weighted by Crippen LogP contribution is 2.18. The summed E-state index contributed by atoms with van der Waals surface area (Å²) < 4.78 is 0. The quantitative estimate of drug-likeness (QED) is 0.629. The lowest BCUT2D eigenvalue weighted by molar-refractivity contribution is -0.140. The molecule has 2 rings (SSSR count). The van der Waals surface area contributed by atoms with Crippen molar-refractivity contribution in [2.75, 3.05) is 6.54 Å². The number of amides is 2. The smallest absolute Gasteiger partial charge is 0.242 e. The number of unbranched alkanes of at least 4 members (excludes halogenated alkanes) is 1. The molecule has 0 aliphatic heterocycles. The number of hydrogen-bond acceptors (Lipinski definition) is 2. The monoisotopic (exact) mass is 400 g/mol. The van der Waals surface area contributed by atoms with Crippen molar-refractivity contribution in [3.63, 3.8) is 0 Å². The number of nitrogens with zero attached hydrogens (tertiary/aromatic N) is 1. The molecule has 4 nitrogen and oxygen atoms in total. The zero-order chi connectivity index (χ0) is 20.5. The maximum absolute atomic E-state index is 13.1. The molecule has 2 aromatic carbocycles. The molecule has 28 heavy (non-hydrogen) atoms. The summed E-state index contributed by atoms with van der Waals surface area (Å²) in [5.74, 6) is -0.250. The first-order chi connectivity index (χ1) is 13.4. The third kappa shape index (κ3) is 6.38. The van der Waals surface area contributed by atoms with Gasteiger partial charge in [0.25, 0.3) is 0 Å². The molecular formula is C23H29ClN2O2. The predicted molar refractivity (Wildman–Crippen MR) is 114 cm³/mol. The van der Waals surface area contributed by atoms with Gasteiger partial charge in [-0.1, -0.05) is 73.0 Å². The van der Waals surface area contributed by atoms with Gasteiger partial charge in [-0.15, -0.1) is 0 Å². The lowest BCUT2D eigenvalue weighted by atomic mass is 10.1. The zero-order valence-electron chi connectivity index (χ0n) is 16.9. The maximum Gasteiger partial charge on any atom is 0.242 e. The first kappa shape index (κ1) is 22.0. The Hall–Kier alpha value is -2.33. The third-order valence-electron chi connectivity index (χ3n) is 4.77. The van der Waals surface area contributed by atoms with E-state index in [4.69, 9.17) is 11.6 Å². The van der Waals surface area contributed by atoms with Crippen molar-refractivity contribution >= 4 is 23.4 Å². The Morgan fingerprint density at radius 2 is 1.79 bits per heavy atom. The maximum atomic E-state index is 13.1. The fraction of sp³-hybridized carbons (Fsp3) is 0.391. The van der Waals surface area contributed by atoms with Gasteiger partial charge in [-0.3, -0.25) is 9.59 Å². The molecule has 2 aromatic rings. The lowest BCUT2D eigenvalue weighted by Crippen LogP contribution is -2.48. The second-order valence-electron chi connectivity index (χ2n) is 7.10. The zero-order valence-corrected chi connectivity index (χ0v) is 17.6. The Labute approximate surface area is 172 Å². The van der Waals surface area contributed by atoms with E-state index in [-0.39, 0.29) is 18.2 Å². The normalized spacial score (nSPS) is 11.7. The molecule has 0 aliphatic carbocycles. The molecule has 0 unspecified atom stereocenters. The Morgan fingerprint density at radius 3 is 2.43 bits per heavy atom. The van der Waals surface area contributed by atoms with E-state index in [1.807, 2.05) is 49.4 Å². The van der Waals surface area contributed by atoms with Crippen molar-refractivity contribution in [2.24, 2.45) is 0 Å². The van der Waals surface area contributed by atoms with E-state index in [0.29, 0.717) is 18.1 Å². The van der Waals surface area contributed by atoms with Crippen LogP contribution in [-0.4, -0.2) is 29.3 Å². The van der Waals surface area contributed by atoms with E-state index in [0.717, 1.165) is 29.5 Å². The minimum Gasteiger partial charge on any atom is -0.354 e. The van der Waals surface area contributed by atoms with Crippen molar-refractivity contribution < 1.29 is 9.59 Å². The van der Waals surface area contributed by atoms with Crippen molar-refractivity contribution in [2.45, 2.75) is 52.6 Å². The second-order valence-corrected chi connectivity index (χ2v) is 7.50. The van der Waals surface area contributed by atoms with Gasteiger partial charge in [-0.2, -0.15) is 0 Å². The molecule has 1 N–H and O–H groups in total. The fourth-order valence-electron chi connectivity index (χ4n) is 2.92. The predicted octanol–water partition coefficient (Wildman–Crippen LogP) is 4.52. The van der Waals surface area contributed by atoms with E-state index >= 15 is 0 Å². The minimum atomic E-state index is -0.562. The van der Waals surface area contributed by atoms with Crippen LogP contribution in [0.5, 0.6) is 0 Å². The van der Waals surface area contributed by atoms with Crippen LogP contribution in [-0.2, 0) is 22.6 Å². The van der Waals surface area contributed by atoms with Crippen LogP contribution < -0.4 is 5.32 Å². The van der Waals surface area contributed by atoms with Crippen molar-refractivity contribution in [1.29, 1.82) is 0 Å². The van der Waals surface area contributed by atoms with E-state index in [1.54, 1.807) is 17.9 Å². The van der Waals surface area contributed by atoms with Gasteiger partial charge in [0.05, 0.1) is 6.42 Å². The molecule has 0 fully saturated rings. The molecule has 0 spiro atoms. The Kier molecular flexibility index (Phi) is 8.52. The summed E-state index contributed by atoms with van der Waals surface area (Å²) in [6.45, 7) is 6.88. The van der Waals surface area contributed by atoms with Crippen LogP contribution in [0, 0.1) is 6.92 Å². The fourth-order valence-corrected chi connectivity index (χ4v) is 3.12. The summed E-state index contributed by atoms with van der Waals surface area (Å²) in [5.41, 5.74) is 2.91. The number of rotatable bonds is 9. The Balaban J connectivity index is 2.18. The molecule has 0 aromatic heterocycles. The van der Waals surface area contributed by atoms with Gasteiger partial charge in [-0.25, -0.2) is 0 Å². The number of carbonyl (C=O) groups excluding carboxylic acids is 2. The van der Waals surface area contributed by atoms with Crippen LogP contribution in [0.15, 0.2) is 48.5 Å². The van der Waals surface area contributed by atoms with Crippen LogP contribution in [0.25, 0.3) is 0 Å². The summed E-state index contributed by atoms with van der Waals surface area (Å²) in [5, 5.41) is 3.49. The van der Waals surface area contributed by atoms with E-state index in [2.05, 4.69) is 12.2 Å². The largest absolute Gasteiger partial charge is 0.354 e. The van der Waals surface area contributed by atoms with Gasteiger partial charge in [0, 0.05) is 18.1 Å². The molecule has 1 atom stereocenters.